The third kappa shape index (κ3) is 5.19. The van der Waals surface area contributed by atoms with Gasteiger partial charge < -0.3 is 24.0 Å². The second-order valence-electron chi connectivity index (χ2n) is 6.57. The average molecular weight is 398 g/mol. The second kappa shape index (κ2) is 9.82. The van der Waals surface area contributed by atoms with Crippen LogP contribution in [0.15, 0.2) is 48.5 Å². The zero-order chi connectivity index (χ0) is 20.6. The van der Waals surface area contributed by atoms with Gasteiger partial charge in [0.25, 0.3) is 11.8 Å². The summed E-state index contributed by atoms with van der Waals surface area (Å²) >= 11 is 0. The highest BCUT2D eigenvalue weighted by Crippen LogP contribution is 2.20. The number of methoxy groups -OCH3 is 1. The number of carbonyl (C=O) groups excluding carboxylic acids is 2. The molecule has 7 nitrogen and oxygen atoms in total. The van der Waals surface area contributed by atoms with Crippen LogP contribution in [0.2, 0.25) is 0 Å². The highest BCUT2D eigenvalue weighted by molar-refractivity contribution is 5.97. The predicted molar refractivity (Wildman–Crippen MR) is 109 cm³/mol. The molecule has 0 saturated carbocycles. The number of para-hydroxylation sites is 1. The third-order valence-electron chi connectivity index (χ3n) is 4.75. The van der Waals surface area contributed by atoms with Gasteiger partial charge in [0.1, 0.15) is 17.2 Å². The van der Waals surface area contributed by atoms with Crippen molar-refractivity contribution in [3.63, 3.8) is 0 Å². The highest BCUT2D eigenvalue weighted by atomic mass is 16.5. The molecule has 154 valence electrons. The molecule has 0 spiro atoms. The Morgan fingerprint density at radius 3 is 2.07 bits per heavy atom. The van der Waals surface area contributed by atoms with Crippen molar-refractivity contribution in [1.29, 1.82) is 0 Å². The minimum absolute atomic E-state index is 0.0333. The van der Waals surface area contributed by atoms with E-state index in [9.17, 15) is 9.59 Å². The number of rotatable bonds is 7. The van der Waals surface area contributed by atoms with Crippen LogP contribution in [-0.4, -0.2) is 68.1 Å². The Kier molecular flexibility index (Phi) is 6.94. The Balaban J connectivity index is 1.48. The van der Waals surface area contributed by atoms with Crippen molar-refractivity contribution in [2.75, 3.05) is 46.5 Å². The zero-order valence-electron chi connectivity index (χ0n) is 16.8. The topological polar surface area (TPSA) is 68.3 Å². The number of piperazine rings is 1. The average Bonchev–Trinajstić information content (AvgIpc) is 2.78. The van der Waals surface area contributed by atoms with Crippen LogP contribution in [0.4, 0.5) is 0 Å². The fourth-order valence-corrected chi connectivity index (χ4v) is 3.19. The fourth-order valence-electron chi connectivity index (χ4n) is 3.19. The summed E-state index contributed by atoms with van der Waals surface area (Å²) in [6.07, 6.45) is 0. The number of nitrogens with zero attached hydrogens (tertiary/aromatic N) is 2. The number of ether oxygens (including phenoxy) is 3. The van der Waals surface area contributed by atoms with Gasteiger partial charge in [0.2, 0.25) is 0 Å². The van der Waals surface area contributed by atoms with Crippen molar-refractivity contribution < 1.29 is 23.8 Å². The van der Waals surface area contributed by atoms with Gasteiger partial charge in [-0.1, -0.05) is 12.1 Å². The van der Waals surface area contributed by atoms with Crippen molar-refractivity contribution >= 4 is 11.8 Å². The molecule has 0 aliphatic carbocycles. The normalized spacial score (nSPS) is 13.7. The second-order valence-corrected chi connectivity index (χ2v) is 6.57. The molecule has 0 radical (unpaired) electrons. The van der Waals surface area contributed by atoms with E-state index in [1.165, 1.54) is 0 Å². The summed E-state index contributed by atoms with van der Waals surface area (Å²) in [6.45, 7) is 4.40. The summed E-state index contributed by atoms with van der Waals surface area (Å²) in [6, 6.07) is 14.3. The van der Waals surface area contributed by atoms with Crippen LogP contribution < -0.4 is 14.2 Å². The van der Waals surface area contributed by atoms with Crippen LogP contribution in [0.3, 0.4) is 0 Å². The lowest BCUT2D eigenvalue weighted by Crippen LogP contribution is -2.51. The Morgan fingerprint density at radius 1 is 0.862 bits per heavy atom. The molecule has 1 heterocycles. The van der Waals surface area contributed by atoms with E-state index in [2.05, 4.69) is 0 Å². The summed E-state index contributed by atoms with van der Waals surface area (Å²) in [5.74, 6) is 1.76. The SMILES string of the molecule is CCOc1ccc(OCC(=O)N2CCN(C(=O)c3ccccc3OC)CC2)cc1. The third-order valence-corrected chi connectivity index (χ3v) is 4.75. The molecular formula is C22H26N2O5. The van der Waals surface area contributed by atoms with Crippen LogP contribution >= 0.6 is 0 Å². The van der Waals surface area contributed by atoms with Gasteiger partial charge >= 0.3 is 0 Å². The van der Waals surface area contributed by atoms with E-state index >= 15 is 0 Å². The Labute approximate surface area is 170 Å². The molecule has 1 aliphatic heterocycles. The number of amides is 2. The Hall–Kier alpha value is -3.22. The fraction of sp³-hybridized carbons (Fsp3) is 0.364. The lowest BCUT2D eigenvalue weighted by molar-refractivity contribution is -0.134. The summed E-state index contributed by atoms with van der Waals surface area (Å²) in [5.41, 5.74) is 0.536. The zero-order valence-corrected chi connectivity index (χ0v) is 16.8. The summed E-state index contributed by atoms with van der Waals surface area (Å²) < 4.78 is 16.2. The lowest BCUT2D eigenvalue weighted by Gasteiger charge is -2.35. The van der Waals surface area contributed by atoms with E-state index in [1.54, 1.807) is 41.2 Å². The Bertz CT molecular complexity index is 829. The van der Waals surface area contributed by atoms with Gasteiger partial charge in [0.15, 0.2) is 6.61 Å². The van der Waals surface area contributed by atoms with Crippen molar-refractivity contribution in [2.45, 2.75) is 6.92 Å². The summed E-state index contributed by atoms with van der Waals surface area (Å²) in [7, 11) is 1.55. The highest BCUT2D eigenvalue weighted by Gasteiger charge is 2.26. The predicted octanol–water partition coefficient (Wildman–Crippen LogP) is 2.46. The number of hydrogen-bond donors (Lipinski definition) is 0. The molecule has 7 heteroatoms. The molecule has 0 aromatic heterocycles. The lowest BCUT2D eigenvalue weighted by atomic mass is 10.1. The van der Waals surface area contributed by atoms with Crippen molar-refractivity contribution in [1.82, 2.24) is 9.80 Å². The largest absolute Gasteiger partial charge is 0.496 e. The quantitative estimate of drug-likeness (QED) is 0.717. The number of benzene rings is 2. The van der Waals surface area contributed by atoms with Crippen molar-refractivity contribution in [2.24, 2.45) is 0 Å². The molecule has 0 N–H and O–H groups in total. The first-order chi connectivity index (χ1) is 14.1. The standard InChI is InChI=1S/C22H26N2O5/c1-3-28-17-8-10-18(11-9-17)29-16-21(25)23-12-14-24(15-13-23)22(26)19-6-4-5-7-20(19)27-2/h4-11H,3,12-16H2,1-2H3. The van der Waals surface area contributed by atoms with Gasteiger partial charge in [-0.05, 0) is 43.3 Å². The van der Waals surface area contributed by atoms with E-state index < -0.39 is 0 Å². The van der Waals surface area contributed by atoms with Gasteiger partial charge in [0, 0.05) is 26.2 Å². The molecular weight excluding hydrogens is 372 g/mol. The first-order valence-corrected chi connectivity index (χ1v) is 9.68. The molecule has 2 amide bonds. The maximum atomic E-state index is 12.7. The number of carbonyl (C=O) groups is 2. The molecule has 0 bridgehead atoms. The Morgan fingerprint density at radius 2 is 1.45 bits per heavy atom. The van der Waals surface area contributed by atoms with Gasteiger partial charge in [-0.2, -0.15) is 0 Å². The molecule has 2 aromatic rings. The molecule has 2 aromatic carbocycles. The van der Waals surface area contributed by atoms with Crippen LogP contribution in [0.1, 0.15) is 17.3 Å². The van der Waals surface area contributed by atoms with E-state index in [0.717, 1.165) is 5.75 Å². The maximum absolute atomic E-state index is 12.7. The molecule has 0 unspecified atom stereocenters. The van der Waals surface area contributed by atoms with Gasteiger partial charge in [-0.25, -0.2) is 0 Å². The van der Waals surface area contributed by atoms with E-state index in [0.29, 0.717) is 49.8 Å². The minimum atomic E-state index is -0.0942. The first-order valence-electron chi connectivity index (χ1n) is 9.68. The molecule has 0 atom stereocenters. The molecule has 29 heavy (non-hydrogen) atoms. The minimum Gasteiger partial charge on any atom is -0.496 e. The molecule has 1 fully saturated rings. The van der Waals surface area contributed by atoms with Crippen LogP contribution in [0.25, 0.3) is 0 Å². The van der Waals surface area contributed by atoms with Crippen molar-refractivity contribution in [3.8, 4) is 17.2 Å². The monoisotopic (exact) mass is 398 g/mol. The van der Waals surface area contributed by atoms with Gasteiger partial charge in [0.05, 0.1) is 19.3 Å². The number of hydrogen-bond acceptors (Lipinski definition) is 5. The smallest absolute Gasteiger partial charge is 0.260 e. The summed E-state index contributed by atoms with van der Waals surface area (Å²) in [4.78, 5) is 28.7. The first kappa shape index (κ1) is 20.5. The van der Waals surface area contributed by atoms with E-state index in [-0.39, 0.29) is 18.4 Å². The van der Waals surface area contributed by atoms with Crippen LogP contribution in [0, 0.1) is 0 Å². The van der Waals surface area contributed by atoms with Gasteiger partial charge in [-0.15, -0.1) is 0 Å². The van der Waals surface area contributed by atoms with Crippen molar-refractivity contribution in [3.05, 3.63) is 54.1 Å². The van der Waals surface area contributed by atoms with Crippen LogP contribution in [0.5, 0.6) is 17.2 Å². The molecule has 1 saturated heterocycles. The van der Waals surface area contributed by atoms with Crippen LogP contribution in [-0.2, 0) is 4.79 Å². The molecule has 1 aliphatic rings. The van der Waals surface area contributed by atoms with E-state index in [1.807, 2.05) is 31.2 Å². The maximum Gasteiger partial charge on any atom is 0.260 e. The van der Waals surface area contributed by atoms with E-state index in [4.69, 9.17) is 14.2 Å². The van der Waals surface area contributed by atoms with Gasteiger partial charge in [-0.3, -0.25) is 9.59 Å². The molecule has 3 rings (SSSR count). The summed E-state index contributed by atoms with van der Waals surface area (Å²) in [5, 5.41) is 0.